The van der Waals surface area contributed by atoms with E-state index in [1.54, 1.807) is 10.9 Å². The molecule has 104 valence electrons. The molecule has 3 aromatic rings. The number of anilines is 1. The zero-order chi connectivity index (χ0) is 14.7. The Morgan fingerprint density at radius 3 is 2.76 bits per heavy atom. The largest absolute Gasteiger partial charge is 0.290 e. The van der Waals surface area contributed by atoms with Crippen LogP contribution in [0.4, 0.5) is 5.95 Å². The number of rotatable bonds is 3. The number of nitrogens with zero attached hydrogens (tertiary/aromatic N) is 4. The lowest BCUT2D eigenvalue weighted by atomic mass is 10.3. The molecule has 7 heteroatoms. The van der Waals surface area contributed by atoms with Crippen molar-refractivity contribution in [2.45, 2.75) is 0 Å². The van der Waals surface area contributed by atoms with E-state index in [4.69, 9.17) is 11.6 Å². The van der Waals surface area contributed by atoms with Crippen molar-refractivity contribution in [2.24, 2.45) is 0 Å². The molecule has 0 aliphatic rings. The molecule has 3 rings (SSSR count). The number of nitrogens with one attached hydrogen (secondary N) is 1. The number of halogens is 1. The molecule has 0 bridgehead atoms. The van der Waals surface area contributed by atoms with E-state index in [-0.39, 0.29) is 17.0 Å². The lowest BCUT2D eigenvalue weighted by Gasteiger charge is -2.01. The first kappa shape index (κ1) is 13.3. The van der Waals surface area contributed by atoms with Crippen molar-refractivity contribution in [3.05, 3.63) is 65.7 Å². The minimum atomic E-state index is -0.348. The smallest absolute Gasteiger partial charge is 0.261 e. The van der Waals surface area contributed by atoms with Gasteiger partial charge >= 0.3 is 0 Å². The van der Waals surface area contributed by atoms with Gasteiger partial charge in [0.15, 0.2) is 0 Å². The first-order chi connectivity index (χ1) is 10.2. The van der Waals surface area contributed by atoms with Crippen LogP contribution in [-0.2, 0) is 0 Å². The van der Waals surface area contributed by atoms with Crippen molar-refractivity contribution in [1.82, 2.24) is 19.7 Å². The number of carbonyl (C=O) groups is 1. The molecule has 1 amide bonds. The second-order valence-electron chi connectivity index (χ2n) is 4.17. The summed E-state index contributed by atoms with van der Waals surface area (Å²) in [5.74, 6) is -0.195. The van der Waals surface area contributed by atoms with E-state index in [2.05, 4.69) is 20.4 Å². The van der Waals surface area contributed by atoms with Crippen molar-refractivity contribution < 1.29 is 4.79 Å². The zero-order valence-corrected chi connectivity index (χ0v) is 11.5. The maximum Gasteiger partial charge on any atom is 0.261 e. The number of aromatic nitrogens is 4. The van der Waals surface area contributed by atoms with Crippen LogP contribution in [0.25, 0.3) is 5.69 Å². The van der Waals surface area contributed by atoms with Gasteiger partial charge in [-0.25, -0.2) is 14.6 Å². The Labute approximate surface area is 125 Å². The molecule has 2 aromatic heterocycles. The summed E-state index contributed by atoms with van der Waals surface area (Å²) in [5, 5.41) is 6.98. The monoisotopic (exact) mass is 299 g/mol. The molecule has 21 heavy (non-hydrogen) atoms. The lowest BCUT2D eigenvalue weighted by Crippen LogP contribution is -2.13. The van der Waals surface area contributed by atoms with Crippen molar-refractivity contribution in [1.29, 1.82) is 0 Å². The van der Waals surface area contributed by atoms with E-state index < -0.39 is 0 Å². The fourth-order valence-electron chi connectivity index (χ4n) is 1.73. The second kappa shape index (κ2) is 5.72. The minimum Gasteiger partial charge on any atom is -0.290 e. The standard InChI is InChI=1S/C14H10ClN5O/c15-12-6-7-16-14(18-12)19-13(21)10-8-17-20(9-10)11-4-2-1-3-5-11/h1-9H,(H,16,18,19,21). The summed E-state index contributed by atoms with van der Waals surface area (Å²) in [6.45, 7) is 0. The highest BCUT2D eigenvalue weighted by Gasteiger charge is 2.11. The molecule has 0 aliphatic carbocycles. The summed E-state index contributed by atoms with van der Waals surface area (Å²) >= 11 is 5.74. The van der Waals surface area contributed by atoms with Gasteiger partial charge in [-0.05, 0) is 18.2 Å². The van der Waals surface area contributed by atoms with Crippen LogP contribution in [-0.4, -0.2) is 25.7 Å². The average Bonchev–Trinajstić information content (AvgIpc) is 2.98. The van der Waals surface area contributed by atoms with Gasteiger partial charge in [0.1, 0.15) is 5.15 Å². The lowest BCUT2D eigenvalue weighted by molar-refractivity contribution is 0.102. The number of hydrogen-bond donors (Lipinski definition) is 1. The molecule has 0 spiro atoms. The molecular weight excluding hydrogens is 290 g/mol. The average molecular weight is 300 g/mol. The summed E-state index contributed by atoms with van der Waals surface area (Å²) in [7, 11) is 0. The van der Waals surface area contributed by atoms with Crippen LogP contribution < -0.4 is 5.32 Å². The van der Waals surface area contributed by atoms with Crippen LogP contribution in [0.5, 0.6) is 0 Å². The van der Waals surface area contributed by atoms with Crippen LogP contribution >= 0.6 is 11.6 Å². The van der Waals surface area contributed by atoms with Gasteiger partial charge in [-0.15, -0.1) is 0 Å². The van der Waals surface area contributed by atoms with E-state index in [0.717, 1.165) is 5.69 Å². The Balaban J connectivity index is 1.78. The highest BCUT2D eigenvalue weighted by molar-refractivity contribution is 6.29. The molecule has 0 radical (unpaired) electrons. The van der Waals surface area contributed by atoms with E-state index in [0.29, 0.717) is 5.56 Å². The molecule has 6 nitrogen and oxygen atoms in total. The Kier molecular flexibility index (Phi) is 3.61. The summed E-state index contributed by atoms with van der Waals surface area (Å²) < 4.78 is 1.62. The van der Waals surface area contributed by atoms with E-state index in [1.165, 1.54) is 18.5 Å². The van der Waals surface area contributed by atoms with Crippen LogP contribution in [0.15, 0.2) is 55.0 Å². The minimum absolute atomic E-state index is 0.153. The molecular formula is C14H10ClN5O. The van der Waals surface area contributed by atoms with Gasteiger partial charge in [-0.2, -0.15) is 5.10 Å². The van der Waals surface area contributed by atoms with E-state index >= 15 is 0 Å². The van der Waals surface area contributed by atoms with Gasteiger partial charge < -0.3 is 0 Å². The summed E-state index contributed by atoms with van der Waals surface area (Å²) in [5.41, 5.74) is 1.28. The van der Waals surface area contributed by atoms with Crippen LogP contribution in [0.1, 0.15) is 10.4 Å². The van der Waals surface area contributed by atoms with Gasteiger partial charge in [-0.1, -0.05) is 29.8 Å². The third-order valence-electron chi connectivity index (χ3n) is 2.71. The predicted octanol–water partition coefficient (Wildman–Crippen LogP) is 2.57. The van der Waals surface area contributed by atoms with Gasteiger partial charge in [0.25, 0.3) is 5.91 Å². The maximum atomic E-state index is 12.1. The maximum absolute atomic E-state index is 12.1. The summed E-state index contributed by atoms with van der Waals surface area (Å²) in [6, 6.07) is 11.0. The first-order valence-corrected chi connectivity index (χ1v) is 6.50. The fourth-order valence-corrected chi connectivity index (χ4v) is 1.87. The van der Waals surface area contributed by atoms with Crippen molar-refractivity contribution in [3.8, 4) is 5.69 Å². The van der Waals surface area contributed by atoms with E-state index in [1.807, 2.05) is 30.3 Å². The normalized spacial score (nSPS) is 10.3. The van der Waals surface area contributed by atoms with Crippen molar-refractivity contribution in [3.63, 3.8) is 0 Å². The van der Waals surface area contributed by atoms with Crippen LogP contribution in [0.2, 0.25) is 5.15 Å². The molecule has 0 unspecified atom stereocenters. The molecule has 0 saturated carbocycles. The summed E-state index contributed by atoms with van der Waals surface area (Å²) in [6.07, 6.45) is 4.58. The third kappa shape index (κ3) is 3.06. The highest BCUT2D eigenvalue weighted by atomic mass is 35.5. The molecule has 0 aliphatic heterocycles. The van der Waals surface area contributed by atoms with Gasteiger partial charge in [-0.3, -0.25) is 10.1 Å². The Morgan fingerprint density at radius 1 is 1.19 bits per heavy atom. The van der Waals surface area contributed by atoms with Crippen LogP contribution in [0, 0.1) is 0 Å². The number of hydrogen-bond acceptors (Lipinski definition) is 4. The van der Waals surface area contributed by atoms with Gasteiger partial charge in [0.2, 0.25) is 5.95 Å². The summed E-state index contributed by atoms with van der Waals surface area (Å²) in [4.78, 5) is 19.9. The van der Waals surface area contributed by atoms with E-state index in [9.17, 15) is 4.79 Å². The molecule has 0 fully saturated rings. The van der Waals surface area contributed by atoms with Crippen LogP contribution in [0.3, 0.4) is 0 Å². The topological polar surface area (TPSA) is 72.7 Å². The second-order valence-corrected chi connectivity index (χ2v) is 4.55. The number of para-hydroxylation sites is 1. The number of amides is 1. The molecule has 1 aromatic carbocycles. The molecule has 0 saturated heterocycles. The molecule has 0 atom stereocenters. The van der Waals surface area contributed by atoms with Crippen molar-refractivity contribution in [2.75, 3.05) is 5.32 Å². The Hall–Kier alpha value is -2.73. The fraction of sp³-hybridized carbons (Fsp3) is 0. The van der Waals surface area contributed by atoms with Gasteiger partial charge in [0.05, 0.1) is 17.4 Å². The first-order valence-electron chi connectivity index (χ1n) is 6.12. The molecule has 1 N–H and O–H groups in total. The quantitative estimate of drug-likeness (QED) is 0.754. The Morgan fingerprint density at radius 2 is 2.00 bits per heavy atom. The van der Waals surface area contributed by atoms with Gasteiger partial charge in [0, 0.05) is 12.4 Å². The number of carbonyl (C=O) groups excluding carboxylic acids is 1. The predicted molar refractivity (Wildman–Crippen MR) is 78.6 cm³/mol. The SMILES string of the molecule is O=C(Nc1nccc(Cl)n1)c1cnn(-c2ccccc2)c1. The number of benzene rings is 1. The third-order valence-corrected chi connectivity index (χ3v) is 2.92. The van der Waals surface area contributed by atoms with Crippen molar-refractivity contribution >= 4 is 23.5 Å². The molecule has 2 heterocycles. The zero-order valence-electron chi connectivity index (χ0n) is 10.8. The highest BCUT2D eigenvalue weighted by Crippen LogP contribution is 2.10. The Bertz CT molecular complexity index is 772.